The van der Waals surface area contributed by atoms with Gasteiger partial charge in [-0.1, -0.05) is 6.92 Å². The molecule has 2 aromatic rings. The fourth-order valence-electron chi connectivity index (χ4n) is 1.62. The van der Waals surface area contributed by atoms with Gasteiger partial charge in [0.15, 0.2) is 11.6 Å². The van der Waals surface area contributed by atoms with E-state index in [2.05, 4.69) is 31.0 Å². The van der Waals surface area contributed by atoms with E-state index in [0.717, 1.165) is 15.9 Å². The second-order valence-corrected chi connectivity index (χ2v) is 4.50. The van der Waals surface area contributed by atoms with Gasteiger partial charge in [0.25, 0.3) is 0 Å². The van der Waals surface area contributed by atoms with Crippen LogP contribution in [0, 0.1) is 19.7 Å². The molecular formula is C11H12BrFN4. The highest BCUT2D eigenvalue weighted by molar-refractivity contribution is 9.10. The Morgan fingerprint density at radius 3 is 2.59 bits per heavy atom. The fraction of sp³-hybridized carbons (Fsp3) is 0.364. The molecule has 2 heterocycles. The van der Waals surface area contributed by atoms with Crippen LogP contribution in [0.15, 0.2) is 10.8 Å². The second kappa shape index (κ2) is 4.52. The zero-order valence-electron chi connectivity index (χ0n) is 9.83. The van der Waals surface area contributed by atoms with Crippen molar-refractivity contribution in [1.29, 1.82) is 0 Å². The molecule has 0 unspecified atom stereocenters. The zero-order chi connectivity index (χ0) is 12.6. The molecule has 0 bridgehead atoms. The highest BCUT2D eigenvalue weighted by Gasteiger charge is 2.17. The molecule has 2 rings (SSSR count). The first-order valence-corrected chi connectivity index (χ1v) is 6.07. The van der Waals surface area contributed by atoms with Gasteiger partial charge in [0, 0.05) is 0 Å². The molecule has 6 heteroatoms. The smallest absolute Gasteiger partial charge is 0.193 e. The third kappa shape index (κ3) is 1.97. The molecule has 2 aromatic heterocycles. The van der Waals surface area contributed by atoms with Crippen LogP contribution < -0.4 is 0 Å². The Balaban J connectivity index is 2.64. The molecule has 0 fully saturated rings. The number of rotatable bonds is 2. The van der Waals surface area contributed by atoms with Crippen molar-refractivity contribution in [1.82, 2.24) is 19.7 Å². The summed E-state index contributed by atoms with van der Waals surface area (Å²) in [4.78, 5) is 7.87. The van der Waals surface area contributed by atoms with Crippen molar-refractivity contribution in [3.05, 3.63) is 33.7 Å². The second-order valence-electron chi connectivity index (χ2n) is 3.71. The van der Waals surface area contributed by atoms with E-state index in [1.54, 1.807) is 0 Å². The van der Waals surface area contributed by atoms with Gasteiger partial charge in [0.05, 0.1) is 21.6 Å². The van der Waals surface area contributed by atoms with Crippen molar-refractivity contribution >= 4 is 15.9 Å². The average Bonchev–Trinajstić information content (AvgIpc) is 2.57. The minimum atomic E-state index is -0.409. The van der Waals surface area contributed by atoms with Crippen LogP contribution in [-0.4, -0.2) is 19.7 Å². The molecule has 0 saturated carbocycles. The summed E-state index contributed by atoms with van der Waals surface area (Å²) in [6.45, 7) is 5.57. The molecule has 0 aliphatic heterocycles. The first-order chi connectivity index (χ1) is 8.06. The lowest BCUT2D eigenvalue weighted by Gasteiger charge is -2.06. The summed E-state index contributed by atoms with van der Waals surface area (Å²) in [6.07, 6.45) is 1.89. The lowest BCUT2D eigenvalue weighted by atomic mass is 10.3. The maximum atomic E-state index is 14.1. The quantitative estimate of drug-likeness (QED) is 0.856. The third-order valence-corrected chi connectivity index (χ3v) is 3.73. The number of aromatic nitrogens is 4. The molecule has 0 N–H and O–H groups in total. The van der Waals surface area contributed by atoms with Crippen LogP contribution in [0.1, 0.15) is 24.0 Å². The Labute approximate surface area is 107 Å². The van der Waals surface area contributed by atoms with Crippen LogP contribution in [-0.2, 0) is 6.42 Å². The number of nitrogens with zero attached hydrogens (tertiary/aromatic N) is 4. The summed E-state index contributed by atoms with van der Waals surface area (Å²) in [5, 5.41) is 4.26. The van der Waals surface area contributed by atoms with E-state index < -0.39 is 5.82 Å². The van der Waals surface area contributed by atoms with Gasteiger partial charge in [0.1, 0.15) is 6.33 Å². The molecule has 0 amide bonds. The van der Waals surface area contributed by atoms with Gasteiger partial charge in [-0.3, -0.25) is 0 Å². The fourth-order valence-corrected chi connectivity index (χ4v) is 1.87. The van der Waals surface area contributed by atoms with Gasteiger partial charge in [-0.15, -0.1) is 0 Å². The summed E-state index contributed by atoms with van der Waals surface area (Å²) in [5.41, 5.74) is 2.03. The van der Waals surface area contributed by atoms with Crippen LogP contribution in [0.5, 0.6) is 0 Å². The number of halogens is 2. The Morgan fingerprint density at radius 2 is 2.06 bits per heavy atom. The van der Waals surface area contributed by atoms with E-state index in [-0.39, 0.29) is 5.82 Å². The maximum Gasteiger partial charge on any atom is 0.193 e. The first kappa shape index (κ1) is 12.2. The molecular weight excluding hydrogens is 287 g/mol. The van der Waals surface area contributed by atoms with E-state index in [1.807, 2.05) is 20.8 Å². The topological polar surface area (TPSA) is 43.6 Å². The minimum Gasteiger partial charge on any atom is -0.238 e. The van der Waals surface area contributed by atoms with Crippen LogP contribution in [0.3, 0.4) is 0 Å². The predicted octanol–water partition coefficient (Wildman–Crippen LogP) is 2.74. The molecule has 0 atom stereocenters. The zero-order valence-corrected chi connectivity index (χ0v) is 11.4. The molecule has 0 radical (unpaired) electrons. The number of aryl methyl sites for hydroxylation is 2. The summed E-state index contributed by atoms with van der Waals surface area (Å²) in [6, 6.07) is 0. The Kier molecular flexibility index (Phi) is 3.24. The molecule has 0 spiro atoms. The molecule has 0 aliphatic rings. The van der Waals surface area contributed by atoms with E-state index in [1.165, 1.54) is 11.0 Å². The van der Waals surface area contributed by atoms with Gasteiger partial charge in [0.2, 0.25) is 0 Å². The average molecular weight is 299 g/mol. The summed E-state index contributed by atoms with van der Waals surface area (Å²) < 4.78 is 16.4. The van der Waals surface area contributed by atoms with Crippen LogP contribution in [0.2, 0.25) is 0 Å². The van der Waals surface area contributed by atoms with Crippen molar-refractivity contribution in [3.63, 3.8) is 0 Å². The molecule has 0 aromatic carbocycles. The van der Waals surface area contributed by atoms with Crippen LogP contribution in [0.4, 0.5) is 4.39 Å². The van der Waals surface area contributed by atoms with Crippen LogP contribution in [0.25, 0.3) is 5.82 Å². The normalized spacial score (nSPS) is 10.9. The van der Waals surface area contributed by atoms with Gasteiger partial charge in [-0.25, -0.2) is 19.0 Å². The predicted molar refractivity (Wildman–Crippen MR) is 65.7 cm³/mol. The Bertz CT molecular complexity index is 565. The SMILES string of the molecule is CCc1ncnc(-n2nc(C)c(Br)c2C)c1F. The van der Waals surface area contributed by atoms with E-state index >= 15 is 0 Å². The van der Waals surface area contributed by atoms with E-state index in [4.69, 9.17) is 0 Å². The Hall–Kier alpha value is -1.30. The largest absolute Gasteiger partial charge is 0.238 e. The minimum absolute atomic E-state index is 0.197. The highest BCUT2D eigenvalue weighted by atomic mass is 79.9. The van der Waals surface area contributed by atoms with Crippen molar-refractivity contribution < 1.29 is 4.39 Å². The Morgan fingerprint density at radius 1 is 1.35 bits per heavy atom. The third-order valence-electron chi connectivity index (χ3n) is 2.58. The van der Waals surface area contributed by atoms with Gasteiger partial charge >= 0.3 is 0 Å². The lowest BCUT2D eigenvalue weighted by Crippen LogP contribution is -2.08. The molecule has 90 valence electrons. The van der Waals surface area contributed by atoms with E-state index in [0.29, 0.717) is 12.1 Å². The van der Waals surface area contributed by atoms with Crippen molar-refractivity contribution in [3.8, 4) is 5.82 Å². The molecule has 0 aliphatic carbocycles. The van der Waals surface area contributed by atoms with Crippen molar-refractivity contribution in [2.24, 2.45) is 0 Å². The monoisotopic (exact) mass is 298 g/mol. The summed E-state index contributed by atoms with van der Waals surface area (Å²) >= 11 is 3.41. The lowest BCUT2D eigenvalue weighted by molar-refractivity contribution is 0.571. The standard InChI is InChI=1S/C11H12BrFN4/c1-4-8-10(13)11(15-5-14-8)17-7(3)9(12)6(2)16-17/h5H,4H2,1-3H3. The van der Waals surface area contributed by atoms with Crippen LogP contribution >= 0.6 is 15.9 Å². The first-order valence-electron chi connectivity index (χ1n) is 5.27. The summed E-state index contributed by atoms with van der Waals surface area (Å²) in [7, 11) is 0. The molecule has 17 heavy (non-hydrogen) atoms. The maximum absolute atomic E-state index is 14.1. The highest BCUT2D eigenvalue weighted by Crippen LogP contribution is 2.23. The van der Waals surface area contributed by atoms with Gasteiger partial charge in [-0.05, 0) is 36.2 Å². The van der Waals surface area contributed by atoms with Crippen molar-refractivity contribution in [2.45, 2.75) is 27.2 Å². The summed E-state index contributed by atoms with van der Waals surface area (Å²) in [5.74, 6) is -0.212. The number of hydrogen-bond acceptors (Lipinski definition) is 3. The number of hydrogen-bond donors (Lipinski definition) is 0. The van der Waals surface area contributed by atoms with Crippen molar-refractivity contribution in [2.75, 3.05) is 0 Å². The van der Waals surface area contributed by atoms with Gasteiger partial charge < -0.3 is 0 Å². The molecule has 4 nitrogen and oxygen atoms in total. The van der Waals surface area contributed by atoms with E-state index in [9.17, 15) is 4.39 Å². The molecule has 0 saturated heterocycles. The van der Waals surface area contributed by atoms with Gasteiger partial charge in [-0.2, -0.15) is 5.10 Å².